The Kier molecular flexibility index (Phi) is 2.39. The quantitative estimate of drug-likeness (QED) is 0.517. The minimum atomic E-state index is 0.790. The Balaban J connectivity index is 2.07. The molecule has 0 fully saturated rings. The largest absolute Gasteiger partial charge is 0.439 e. The number of nitrogen functional groups attached to an aromatic ring is 1. The molecule has 0 amide bonds. The lowest BCUT2D eigenvalue weighted by molar-refractivity contribution is 0.643. The number of fused-ring (bicyclic) bond motifs is 3. The van der Waals surface area contributed by atoms with Crippen LogP contribution in [0.1, 0.15) is 11.1 Å². The summed E-state index contributed by atoms with van der Waals surface area (Å²) < 4.78 is 8.05. The molecule has 0 saturated heterocycles. The van der Waals surface area contributed by atoms with E-state index in [1.807, 2.05) is 35.9 Å². The van der Waals surface area contributed by atoms with Gasteiger partial charge in [-0.3, -0.25) is 4.57 Å². The Morgan fingerprint density at radius 1 is 1.00 bits per heavy atom. The van der Waals surface area contributed by atoms with E-state index in [4.69, 9.17) is 10.2 Å². The number of hydrogen-bond donors (Lipinski definition) is 1. The molecule has 104 valence electrons. The third-order valence-corrected chi connectivity index (χ3v) is 3.99. The van der Waals surface area contributed by atoms with Crippen LogP contribution < -0.4 is 5.73 Å². The average Bonchev–Trinajstić information content (AvgIpc) is 3.01. The summed E-state index contributed by atoms with van der Waals surface area (Å²) in [5.41, 5.74) is 12.0. The number of anilines is 1. The summed E-state index contributed by atoms with van der Waals surface area (Å²) in [6.45, 7) is 4.11. The summed E-state index contributed by atoms with van der Waals surface area (Å²) >= 11 is 0. The van der Waals surface area contributed by atoms with Gasteiger partial charge in [0, 0.05) is 17.0 Å². The van der Waals surface area contributed by atoms with E-state index in [9.17, 15) is 0 Å². The third kappa shape index (κ3) is 1.67. The molecule has 21 heavy (non-hydrogen) atoms. The maximum Gasteiger partial charge on any atom is 0.212 e. The fourth-order valence-corrected chi connectivity index (χ4v) is 2.95. The molecule has 3 heteroatoms. The number of nitrogens with two attached hydrogens (primary N) is 1. The molecule has 0 bridgehead atoms. The summed E-state index contributed by atoms with van der Waals surface area (Å²) in [5, 5.41) is 2.25. The van der Waals surface area contributed by atoms with Crippen LogP contribution in [0, 0.1) is 13.8 Å². The van der Waals surface area contributed by atoms with Crippen molar-refractivity contribution in [1.29, 1.82) is 0 Å². The number of aryl methyl sites for hydroxylation is 2. The van der Waals surface area contributed by atoms with Gasteiger partial charge in [0.15, 0.2) is 0 Å². The van der Waals surface area contributed by atoms with Crippen molar-refractivity contribution >= 4 is 27.8 Å². The molecule has 0 radical (unpaired) electrons. The Morgan fingerprint density at radius 3 is 2.67 bits per heavy atom. The summed E-state index contributed by atoms with van der Waals surface area (Å²) in [6.07, 6.45) is 2.02. The van der Waals surface area contributed by atoms with E-state index in [0.717, 1.165) is 39.0 Å². The number of furan rings is 1. The molecular weight excluding hydrogens is 260 g/mol. The Morgan fingerprint density at radius 2 is 1.81 bits per heavy atom. The fourth-order valence-electron chi connectivity index (χ4n) is 2.95. The minimum Gasteiger partial charge on any atom is -0.439 e. The molecule has 0 aliphatic rings. The molecule has 3 nitrogen and oxygen atoms in total. The lowest BCUT2D eigenvalue weighted by atomic mass is 10.1. The highest BCUT2D eigenvalue weighted by Crippen LogP contribution is 2.33. The number of para-hydroxylation sites is 1. The van der Waals surface area contributed by atoms with Crippen LogP contribution in [-0.2, 0) is 0 Å². The molecule has 2 heterocycles. The predicted octanol–water partition coefficient (Wildman–Crippen LogP) is 4.58. The monoisotopic (exact) mass is 276 g/mol. The fraction of sp³-hybridized carbons (Fsp3) is 0.111. The highest BCUT2D eigenvalue weighted by atomic mass is 16.3. The van der Waals surface area contributed by atoms with Crippen LogP contribution in [-0.4, -0.2) is 4.57 Å². The lowest BCUT2D eigenvalue weighted by Gasteiger charge is -2.11. The van der Waals surface area contributed by atoms with Gasteiger partial charge in [-0.1, -0.05) is 24.3 Å². The third-order valence-electron chi connectivity index (χ3n) is 3.99. The Hall–Kier alpha value is -2.68. The first kappa shape index (κ1) is 12.1. The molecule has 4 rings (SSSR count). The number of aromatic nitrogens is 1. The van der Waals surface area contributed by atoms with E-state index in [1.165, 1.54) is 5.56 Å². The Bertz CT molecular complexity index is 976. The molecule has 2 aromatic heterocycles. The smallest absolute Gasteiger partial charge is 0.212 e. The number of nitrogens with zero attached hydrogens (tertiary/aromatic N) is 1. The van der Waals surface area contributed by atoms with Crippen molar-refractivity contribution < 1.29 is 4.42 Å². The zero-order chi connectivity index (χ0) is 14.6. The highest BCUT2D eigenvalue weighted by Gasteiger charge is 2.14. The number of hydrogen-bond acceptors (Lipinski definition) is 2. The summed E-state index contributed by atoms with van der Waals surface area (Å²) in [5.74, 6) is 0. The first-order valence-electron chi connectivity index (χ1n) is 7.01. The van der Waals surface area contributed by atoms with Crippen molar-refractivity contribution in [2.75, 3.05) is 5.73 Å². The van der Waals surface area contributed by atoms with Crippen LogP contribution in [0.4, 0.5) is 5.69 Å². The molecule has 2 aromatic carbocycles. The van der Waals surface area contributed by atoms with Gasteiger partial charge in [-0.15, -0.1) is 0 Å². The van der Waals surface area contributed by atoms with Gasteiger partial charge in [0.05, 0.1) is 11.4 Å². The van der Waals surface area contributed by atoms with Gasteiger partial charge in [0.2, 0.25) is 5.71 Å². The van der Waals surface area contributed by atoms with Crippen molar-refractivity contribution in [3.63, 3.8) is 0 Å². The molecule has 0 spiro atoms. The van der Waals surface area contributed by atoms with Gasteiger partial charge in [0.1, 0.15) is 5.58 Å². The van der Waals surface area contributed by atoms with Gasteiger partial charge in [-0.05, 0) is 43.2 Å². The van der Waals surface area contributed by atoms with Crippen molar-refractivity contribution in [1.82, 2.24) is 4.57 Å². The average molecular weight is 276 g/mol. The van der Waals surface area contributed by atoms with Gasteiger partial charge in [-0.25, -0.2) is 0 Å². The van der Waals surface area contributed by atoms with Crippen LogP contribution >= 0.6 is 0 Å². The van der Waals surface area contributed by atoms with Crippen molar-refractivity contribution in [2.24, 2.45) is 0 Å². The van der Waals surface area contributed by atoms with E-state index in [2.05, 4.69) is 31.2 Å². The number of rotatable bonds is 1. The zero-order valence-electron chi connectivity index (χ0n) is 12.1. The van der Waals surface area contributed by atoms with Crippen LogP contribution in [0.5, 0.6) is 0 Å². The maximum atomic E-state index is 6.27. The maximum absolute atomic E-state index is 6.27. The molecule has 0 aliphatic carbocycles. The van der Waals surface area contributed by atoms with Gasteiger partial charge in [-0.2, -0.15) is 0 Å². The number of benzene rings is 2. The first-order chi connectivity index (χ1) is 10.1. The van der Waals surface area contributed by atoms with E-state index in [1.54, 1.807) is 0 Å². The highest BCUT2D eigenvalue weighted by molar-refractivity contribution is 6.04. The lowest BCUT2D eigenvalue weighted by Crippen LogP contribution is -2.01. The van der Waals surface area contributed by atoms with E-state index < -0.39 is 0 Å². The van der Waals surface area contributed by atoms with Gasteiger partial charge in [0.25, 0.3) is 0 Å². The summed E-state index contributed by atoms with van der Waals surface area (Å²) in [6, 6.07) is 14.4. The van der Waals surface area contributed by atoms with Crippen molar-refractivity contribution in [3.8, 4) is 5.69 Å². The normalized spacial score (nSPS) is 11.5. The van der Waals surface area contributed by atoms with E-state index >= 15 is 0 Å². The predicted molar refractivity (Wildman–Crippen MR) is 86.9 cm³/mol. The van der Waals surface area contributed by atoms with Crippen LogP contribution in [0.3, 0.4) is 0 Å². The summed E-state index contributed by atoms with van der Waals surface area (Å²) in [4.78, 5) is 0. The van der Waals surface area contributed by atoms with E-state index in [0.29, 0.717) is 0 Å². The minimum absolute atomic E-state index is 0.790. The second kappa shape index (κ2) is 4.16. The standard InChI is InChI=1S/C18H16N2O/c1-11-9-12(2)17(19)15(10-11)20-8-7-14-13-5-3-4-6-16(13)21-18(14)20/h3-10H,19H2,1-2H3. The van der Waals surface area contributed by atoms with Gasteiger partial charge >= 0.3 is 0 Å². The molecule has 0 unspecified atom stereocenters. The van der Waals surface area contributed by atoms with Crippen LogP contribution in [0.2, 0.25) is 0 Å². The SMILES string of the molecule is Cc1cc(C)c(N)c(-n2ccc3c4ccccc4oc32)c1. The summed E-state index contributed by atoms with van der Waals surface area (Å²) in [7, 11) is 0. The van der Waals surface area contributed by atoms with E-state index in [-0.39, 0.29) is 0 Å². The van der Waals surface area contributed by atoms with Gasteiger partial charge < -0.3 is 10.2 Å². The first-order valence-corrected chi connectivity index (χ1v) is 7.01. The second-order valence-corrected chi connectivity index (χ2v) is 5.52. The molecular formula is C18H16N2O. The molecule has 2 N–H and O–H groups in total. The Labute approximate surface area is 122 Å². The second-order valence-electron chi connectivity index (χ2n) is 5.52. The molecule has 0 atom stereocenters. The molecule has 0 aliphatic heterocycles. The van der Waals surface area contributed by atoms with Crippen molar-refractivity contribution in [2.45, 2.75) is 13.8 Å². The van der Waals surface area contributed by atoms with Crippen LogP contribution in [0.15, 0.2) is 53.1 Å². The van der Waals surface area contributed by atoms with Crippen molar-refractivity contribution in [3.05, 3.63) is 59.8 Å². The molecule has 4 aromatic rings. The molecule has 0 saturated carbocycles. The van der Waals surface area contributed by atoms with Crippen LogP contribution in [0.25, 0.3) is 27.8 Å². The zero-order valence-corrected chi connectivity index (χ0v) is 12.1. The topological polar surface area (TPSA) is 44.1 Å².